The van der Waals surface area contributed by atoms with Crippen LogP contribution in [0, 0.1) is 0 Å². The van der Waals surface area contributed by atoms with Crippen LogP contribution in [-0.4, -0.2) is 67.2 Å². The van der Waals surface area contributed by atoms with Gasteiger partial charge in [0.25, 0.3) is 0 Å². The number of hydrogen-bond acceptors (Lipinski definition) is 7. The summed E-state index contributed by atoms with van der Waals surface area (Å²) in [6.07, 6.45) is 1.04. The quantitative estimate of drug-likeness (QED) is 0.727. The zero-order chi connectivity index (χ0) is 15.0. The molecule has 0 atom stereocenters. The first kappa shape index (κ1) is 16.4. The highest BCUT2D eigenvalue weighted by molar-refractivity contribution is 5.38. The zero-order valence-electron chi connectivity index (χ0n) is 13.2. The second-order valence-corrected chi connectivity index (χ2v) is 4.71. The molecule has 0 amide bonds. The summed E-state index contributed by atoms with van der Waals surface area (Å²) in [6.45, 7) is 7.33. The molecule has 0 aliphatic carbocycles. The molecule has 0 aliphatic heterocycles. The van der Waals surface area contributed by atoms with Gasteiger partial charge in [0.1, 0.15) is 0 Å². The second-order valence-electron chi connectivity index (χ2n) is 4.71. The molecule has 1 N–H and O–H groups in total. The standard InChI is InChI=1S/C13H26N6O/c1-6-8-19(10-9-18(4)5)12-15-11(14-3)16-13(17-12)20-7-2/h6-10H2,1-5H3,(H,14,15,16,17). The van der Waals surface area contributed by atoms with E-state index in [-0.39, 0.29) is 0 Å². The normalized spacial score (nSPS) is 10.7. The average molecular weight is 282 g/mol. The lowest BCUT2D eigenvalue weighted by Gasteiger charge is -2.24. The smallest absolute Gasteiger partial charge is 0.323 e. The van der Waals surface area contributed by atoms with E-state index in [1.807, 2.05) is 6.92 Å². The molecule has 0 spiro atoms. The molecule has 0 bridgehead atoms. The van der Waals surface area contributed by atoms with Crippen molar-refractivity contribution in [2.45, 2.75) is 20.3 Å². The van der Waals surface area contributed by atoms with Crippen LogP contribution in [0.1, 0.15) is 20.3 Å². The number of nitrogens with zero attached hydrogens (tertiary/aromatic N) is 5. The summed E-state index contributed by atoms with van der Waals surface area (Å²) in [5, 5.41) is 2.95. The fourth-order valence-corrected chi connectivity index (χ4v) is 1.70. The highest BCUT2D eigenvalue weighted by Crippen LogP contribution is 2.15. The van der Waals surface area contributed by atoms with Gasteiger partial charge in [-0.05, 0) is 27.4 Å². The van der Waals surface area contributed by atoms with Gasteiger partial charge in [-0.25, -0.2) is 0 Å². The van der Waals surface area contributed by atoms with Crippen LogP contribution in [0.4, 0.5) is 11.9 Å². The van der Waals surface area contributed by atoms with Crippen molar-refractivity contribution in [2.24, 2.45) is 0 Å². The lowest BCUT2D eigenvalue weighted by Crippen LogP contribution is -2.33. The van der Waals surface area contributed by atoms with Gasteiger partial charge in [0.2, 0.25) is 11.9 Å². The fourth-order valence-electron chi connectivity index (χ4n) is 1.70. The van der Waals surface area contributed by atoms with Crippen molar-refractivity contribution in [3.63, 3.8) is 0 Å². The van der Waals surface area contributed by atoms with Crippen LogP contribution in [-0.2, 0) is 0 Å². The van der Waals surface area contributed by atoms with Crippen molar-refractivity contribution < 1.29 is 4.74 Å². The molecule has 0 saturated carbocycles. The molecule has 0 radical (unpaired) electrons. The molecule has 0 aromatic carbocycles. The molecule has 114 valence electrons. The largest absolute Gasteiger partial charge is 0.464 e. The minimum atomic E-state index is 0.368. The summed E-state index contributed by atoms with van der Waals surface area (Å²) in [7, 11) is 5.91. The molecule has 0 fully saturated rings. The number of likely N-dealkylation sites (N-methyl/N-ethyl adjacent to an activating group) is 1. The summed E-state index contributed by atoms with van der Waals surface area (Å²) < 4.78 is 5.40. The summed E-state index contributed by atoms with van der Waals surface area (Å²) in [6, 6.07) is 0.368. The van der Waals surface area contributed by atoms with Gasteiger partial charge in [-0.2, -0.15) is 15.0 Å². The molecule has 7 nitrogen and oxygen atoms in total. The molecule has 7 heteroatoms. The molecule has 1 heterocycles. The van der Waals surface area contributed by atoms with Gasteiger partial charge in [-0.15, -0.1) is 0 Å². The first-order valence-corrected chi connectivity index (χ1v) is 7.07. The minimum absolute atomic E-state index is 0.368. The first-order chi connectivity index (χ1) is 9.60. The Bertz CT molecular complexity index is 398. The van der Waals surface area contributed by atoms with Gasteiger partial charge < -0.3 is 19.9 Å². The Balaban J connectivity index is 2.94. The van der Waals surface area contributed by atoms with E-state index in [1.54, 1.807) is 7.05 Å². The van der Waals surface area contributed by atoms with Gasteiger partial charge in [-0.1, -0.05) is 6.92 Å². The lowest BCUT2D eigenvalue weighted by atomic mass is 10.4. The van der Waals surface area contributed by atoms with Gasteiger partial charge in [-0.3, -0.25) is 0 Å². The highest BCUT2D eigenvalue weighted by Gasteiger charge is 2.13. The van der Waals surface area contributed by atoms with E-state index in [4.69, 9.17) is 4.74 Å². The van der Waals surface area contributed by atoms with Crippen LogP contribution < -0.4 is 15.0 Å². The SMILES string of the molecule is CCCN(CCN(C)C)c1nc(NC)nc(OCC)n1. The number of aromatic nitrogens is 3. The topological polar surface area (TPSA) is 66.4 Å². The third-order valence-corrected chi connectivity index (χ3v) is 2.69. The third-order valence-electron chi connectivity index (χ3n) is 2.69. The molecule has 20 heavy (non-hydrogen) atoms. The Labute approximate surface area is 121 Å². The molecular formula is C13H26N6O. The van der Waals surface area contributed by atoms with Crippen molar-refractivity contribution in [1.82, 2.24) is 19.9 Å². The number of anilines is 2. The number of hydrogen-bond donors (Lipinski definition) is 1. The van der Waals surface area contributed by atoms with Crippen molar-refractivity contribution >= 4 is 11.9 Å². The molecule has 1 aromatic heterocycles. The number of nitrogens with one attached hydrogen (secondary N) is 1. The van der Waals surface area contributed by atoms with Gasteiger partial charge in [0.05, 0.1) is 6.61 Å². The van der Waals surface area contributed by atoms with Crippen LogP contribution in [0.5, 0.6) is 6.01 Å². The summed E-state index contributed by atoms with van der Waals surface area (Å²) in [4.78, 5) is 17.3. The summed E-state index contributed by atoms with van der Waals surface area (Å²) >= 11 is 0. The Hall–Kier alpha value is -1.63. The average Bonchev–Trinajstić information content (AvgIpc) is 2.43. The van der Waals surface area contributed by atoms with E-state index in [9.17, 15) is 0 Å². The molecule has 0 saturated heterocycles. The second kappa shape index (κ2) is 8.52. The molecule has 0 aliphatic rings. The third kappa shape index (κ3) is 5.16. The summed E-state index contributed by atoms with van der Waals surface area (Å²) in [5.74, 6) is 1.20. The van der Waals surface area contributed by atoms with Gasteiger partial charge in [0, 0.05) is 26.7 Å². The van der Waals surface area contributed by atoms with Gasteiger partial charge in [0.15, 0.2) is 0 Å². The Morgan fingerprint density at radius 1 is 1.05 bits per heavy atom. The number of ether oxygens (including phenoxy) is 1. The molecule has 0 unspecified atom stereocenters. The van der Waals surface area contributed by atoms with Crippen molar-refractivity contribution in [3.05, 3.63) is 0 Å². The predicted molar refractivity (Wildman–Crippen MR) is 81.6 cm³/mol. The molecule has 1 rings (SSSR count). The van der Waals surface area contributed by atoms with Crippen LogP contribution in [0.3, 0.4) is 0 Å². The monoisotopic (exact) mass is 282 g/mol. The van der Waals surface area contributed by atoms with E-state index in [0.29, 0.717) is 24.5 Å². The summed E-state index contributed by atoms with van der Waals surface area (Å²) in [5.41, 5.74) is 0. The van der Waals surface area contributed by atoms with E-state index < -0.39 is 0 Å². The fraction of sp³-hybridized carbons (Fsp3) is 0.769. The van der Waals surface area contributed by atoms with E-state index in [1.165, 1.54) is 0 Å². The lowest BCUT2D eigenvalue weighted by molar-refractivity contribution is 0.311. The van der Waals surface area contributed by atoms with E-state index >= 15 is 0 Å². The Morgan fingerprint density at radius 3 is 2.35 bits per heavy atom. The van der Waals surface area contributed by atoms with Crippen molar-refractivity contribution in [2.75, 3.05) is 57.6 Å². The van der Waals surface area contributed by atoms with Crippen LogP contribution in [0.2, 0.25) is 0 Å². The highest BCUT2D eigenvalue weighted by atomic mass is 16.5. The van der Waals surface area contributed by atoms with Gasteiger partial charge >= 0.3 is 6.01 Å². The maximum atomic E-state index is 5.40. The Morgan fingerprint density at radius 2 is 1.80 bits per heavy atom. The maximum Gasteiger partial charge on any atom is 0.323 e. The molecule has 1 aromatic rings. The van der Waals surface area contributed by atoms with Crippen molar-refractivity contribution in [1.29, 1.82) is 0 Å². The predicted octanol–water partition coefficient (Wildman–Crippen LogP) is 1.09. The maximum absolute atomic E-state index is 5.40. The zero-order valence-corrected chi connectivity index (χ0v) is 13.2. The van der Waals surface area contributed by atoms with Crippen LogP contribution >= 0.6 is 0 Å². The Kier molecular flexibility index (Phi) is 7.00. The number of rotatable bonds is 9. The molecular weight excluding hydrogens is 256 g/mol. The van der Waals surface area contributed by atoms with Crippen molar-refractivity contribution in [3.8, 4) is 6.01 Å². The van der Waals surface area contributed by atoms with Crippen LogP contribution in [0.15, 0.2) is 0 Å². The van der Waals surface area contributed by atoms with E-state index in [0.717, 1.165) is 26.1 Å². The van der Waals surface area contributed by atoms with Crippen LogP contribution in [0.25, 0.3) is 0 Å². The van der Waals surface area contributed by atoms with E-state index in [2.05, 4.69) is 51.1 Å². The first-order valence-electron chi connectivity index (χ1n) is 7.07. The minimum Gasteiger partial charge on any atom is -0.464 e.